The molecule has 1 heterocycles. The predicted octanol–water partition coefficient (Wildman–Crippen LogP) is 3.87. The SMILES string of the molecule is O=C(NCCNc1ccnc2cc(Cl)ccc12)c1ccc(F)cc1. The van der Waals surface area contributed by atoms with Crippen LogP contribution in [0, 0.1) is 5.82 Å². The standard InChI is InChI=1S/C18H15ClFN3O/c19-13-3-6-15-16(7-8-21-17(15)11-13)22-9-10-23-18(24)12-1-4-14(20)5-2-12/h1-8,11H,9-10H2,(H,21,22)(H,23,24). The van der Waals surface area contributed by atoms with Gasteiger partial charge in [-0.25, -0.2) is 4.39 Å². The van der Waals surface area contributed by atoms with Crippen molar-refractivity contribution in [3.63, 3.8) is 0 Å². The first-order chi connectivity index (χ1) is 11.6. The van der Waals surface area contributed by atoms with E-state index >= 15 is 0 Å². The maximum absolute atomic E-state index is 12.8. The van der Waals surface area contributed by atoms with Gasteiger partial charge in [0.25, 0.3) is 5.91 Å². The third kappa shape index (κ3) is 3.81. The van der Waals surface area contributed by atoms with E-state index in [1.54, 1.807) is 12.3 Å². The Morgan fingerprint density at radius 2 is 1.88 bits per heavy atom. The molecule has 1 amide bonds. The van der Waals surface area contributed by atoms with E-state index in [1.165, 1.54) is 24.3 Å². The van der Waals surface area contributed by atoms with Gasteiger partial charge in [0, 0.05) is 40.9 Å². The summed E-state index contributed by atoms with van der Waals surface area (Å²) in [5.41, 5.74) is 2.16. The number of nitrogens with zero attached hydrogens (tertiary/aromatic N) is 1. The van der Waals surface area contributed by atoms with Crippen LogP contribution in [0.25, 0.3) is 10.9 Å². The first-order valence-corrected chi connectivity index (χ1v) is 7.83. The molecule has 24 heavy (non-hydrogen) atoms. The maximum atomic E-state index is 12.8. The molecular formula is C18H15ClFN3O. The van der Waals surface area contributed by atoms with Gasteiger partial charge in [-0.05, 0) is 48.5 Å². The molecule has 0 radical (unpaired) electrons. The predicted molar refractivity (Wildman–Crippen MR) is 94.0 cm³/mol. The Morgan fingerprint density at radius 1 is 1.08 bits per heavy atom. The summed E-state index contributed by atoms with van der Waals surface area (Å²) in [5, 5.41) is 7.65. The smallest absolute Gasteiger partial charge is 0.251 e. The Morgan fingerprint density at radius 3 is 2.67 bits per heavy atom. The molecule has 4 nitrogen and oxygen atoms in total. The lowest BCUT2D eigenvalue weighted by Gasteiger charge is -2.10. The molecule has 0 aliphatic carbocycles. The Hall–Kier alpha value is -2.66. The van der Waals surface area contributed by atoms with Crippen LogP contribution < -0.4 is 10.6 Å². The van der Waals surface area contributed by atoms with E-state index in [2.05, 4.69) is 15.6 Å². The fourth-order valence-electron chi connectivity index (χ4n) is 2.35. The normalized spacial score (nSPS) is 10.6. The van der Waals surface area contributed by atoms with Crippen LogP contribution in [-0.4, -0.2) is 24.0 Å². The van der Waals surface area contributed by atoms with E-state index in [1.807, 2.05) is 18.2 Å². The molecule has 0 unspecified atom stereocenters. The molecule has 0 saturated carbocycles. The highest BCUT2D eigenvalue weighted by Gasteiger charge is 2.05. The third-order valence-corrected chi connectivity index (χ3v) is 3.77. The number of hydrogen-bond donors (Lipinski definition) is 2. The minimum atomic E-state index is -0.363. The third-order valence-electron chi connectivity index (χ3n) is 3.54. The number of fused-ring (bicyclic) bond motifs is 1. The summed E-state index contributed by atoms with van der Waals surface area (Å²) in [6, 6.07) is 12.8. The largest absolute Gasteiger partial charge is 0.383 e. The van der Waals surface area contributed by atoms with Gasteiger partial charge in [0.1, 0.15) is 5.82 Å². The summed E-state index contributed by atoms with van der Waals surface area (Å²) in [6.07, 6.45) is 1.71. The number of aromatic nitrogens is 1. The molecule has 0 aliphatic heterocycles. The lowest BCUT2D eigenvalue weighted by molar-refractivity contribution is 0.0955. The maximum Gasteiger partial charge on any atom is 0.251 e. The number of benzene rings is 2. The zero-order valence-corrected chi connectivity index (χ0v) is 13.5. The van der Waals surface area contributed by atoms with Crippen molar-refractivity contribution >= 4 is 34.1 Å². The number of amides is 1. The molecule has 0 bridgehead atoms. The Labute approximate surface area is 143 Å². The van der Waals surface area contributed by atoms with Crippen molar-refractivity contribution < 1.29 is 9.18 Å². The van der Waals surface area contributed by atoms with Crippen molar-refractivity contribution in [2.24, 2.45) is 0 Å². The van der Waals surface area contributed by atoms with Crippen molar-refractivity contribution in [3.8, 4) is 0 Å². The van der Waals surface area contributed by atoms with Crippen molar-refractivity contribution in [1.29, 1.82) is 0 Å². The Balaban J connectivity index is 1.57. The van der Waals surface area contributed by atoms with Crippen LogP contribution in [0.4, 0.5) is 10.1 Å². The van der Waals surface area contributed by atoms with E-state index in [-0.39, 0.29) is 11.7 Å². The molecular weight excluding hydrogens is 329 g/mol. The first kappa shape index (κ1) is 16.2. The second-order valence-corrected chi connectivity index (χ2v) is 5.65. The Kier molecular flexibility index (Phi) is 4.91. The van der Waals surface area contributed by atoms with Gasteiger partial charge in [-0.2, -0.15) is 0 Å². The number of carbonyl (C=O) groups is 1. The van der Waals surface area contributed by atoms with Gasteiger partial charge >= 0.3 is 0 Å². The van der Waals surface area contributed by atoms with Gasteiger partial charge < -0.3 is 10.6 Å². The summed E-state index contributed by atoms with van der Waals surface area (Å²) >= 11 is 5.97. The fraction of sp³-hybridized carbons (Fsp3) is 0.111. The van der Waals surface area contributed by atoms with Gasteiger partial charge in [-0.3, -0.25) is 9.78 Å². The molecule has 0 spiro atoms. The summed E-state index contributed by atoms with van der Waals surface area (Å²) < 4.78 is 12.8. The van der Waals surface area contributed by atoms with Gasteiger partial charge in [0.05, 0.1) is 5.52 Å². The molecule has 2 aromatic carbocycles. The van der Waals surface area contributed by atoms with Gasteiger partial charge in [0.15, 0.2) is 0 Å². The zero-order chi connectivity index (χ0) is 16.9. The topological polar surface area (TPSA) is 54.0 Å². The minimum absolute atomic E-state index is 0.233. The van der Waals surface area contributed by atoms with Gasteiger partial charge in [-0.1, -0.05) is 11.6 Å². The van der Waals surface area contributed by atoms with E-state index in [0.717, 1.165) is 16.6 Å². The molecule has 0 aliphatic rings. The summed E-state index contributed by atoms with van der Waals surface area (Å²) in [5.74, 6) is -0.596. The molecule has 3 rings (SSSR count). The van der Waals surface area contributed by atoms with Crippen LogP contribution >= 0.6 is 11.6 Å². The van der Waals surface area contributed by atoms with Crippen molar-refractivity contribution in [1.82, 2.24) is 10.3 Å². The number of halogens is 2. The number of anilines is 1. The number of rotatable bonds is 5. The van der Waals surface area contributed by atoms with Crippen LogP contribution in [0.3, 0.4) is 0 Å². The average molecular weight is 344 g/mol. The second-order valence-electron chi connectivity index (χ2n) is 5.21. The summed E-state index contributed by atoms with van der Waals surface area (Å²) in [7, 11) is 0. The summed E-state index contributed by atoms with van der Waals surface area (Å²) in [4.78, 5) is 16.2. The molecule has 6 heteroatoms. The number of pyridine rings is 1. The molecule has 0 fully saturated rings. The van der Waals surface area contributed by atoms with Crippen molar-refractivity contribution in [2.45, 2.75) is 0 Å². The van der Waals surface area contributed by atoms with Crippen LogP contribution in [0.5, 0.6) is 0 Å². The lowest BCUT2D eigenvalue weighted by Crippen LogP contribution is -2.28. The van der Waals surface area contributed by atoms with Gasteiger partial charge in [0.2, 0.25) is 0 Å². The highest BCUT2D eigenvalue weighted by atomic mass is 35.5. The number of hydrogen-bond acceptors (Lipinski definition) is 3. The van der Waals surface area contributed by atoms with E-state index in [0.29, 0.717) is 23.7 Å². The lowest BCUT2D eigenvalue weighted by atomic mass is 10.2. The van der Waals surface area contributed by atoms with Gasteiger partial charge in [-0.15, -0.1) is 0 Å². The fourth-order valence-corrected chi connectivity index (χ4v) is 2.52. The quantitative estimate of drug-likeness (QED) is 0.691. The minimum Gasteiger partial charge on any atom is -0.383 e. The van der Waals surface area contributed by atoms with Crippen molar-refractivity contribution in [2.75, 3.05) is 18.4 Å². The monoisotopic (exact) mass is 343 g/mol. The first-order valence-electron chi connectivity index (χ1n) is 7.45. The van der Waals surface area contributed by atoms with E-state index in [9.17, 15) is 9.18 Å². The zero-order valence-electron chi connectivity index (χ0n) is 12.7. The average Bonchev–Trinajstić information content (AvgIpc) is 2.59. The number of nitrogens with one attached hydrogen (secondary N) is 2. The van der Waals surface area contributed by atoms with Crippen LogP contribution in [0.1, 0.15) is 10.4 Å². The highest BCUT2D eigenvalue weighted by Crippen LogP contribution is 2.24. The van der Waals surface area contributed by atoms with E-state index < -0.39 is 0 Å². The van der Waals surface area contributed by atoms with Crippen LogP contribution in [0.15, 0.2) is 54.7 Å². The second kappa shape index (κ2) is 7.27. The van der Waals surface area contributed by atoms with Crippen LogP contribution in [0.2, 0.25) is 5.02 Å². The summed E-state index contributed by atoms with van der Waals surface area (Å²) in [6.45, 7) is 0.988. The van der Waals surface area contributed by atoms with Crippen LogP contribution in [-0.2, 0) is 0 Å². The van der Waals surface area contributed by atoms with Crippen molar-refractivity contribution in [3.05, 3.63) is 71.1 Å². The Bertz CT molecular complexity index is 868. The van der Waals surface area contributed by atoms with E-state index in [4.69, 9.17) is 11.6 Å². The highest BCUT2D eigenvalue weighted by molar-refractivity contribution is 6.31. The molecule has 2 N–H and O–H groups in total. The molecule has 0 saturated heterocycles. The molecule has 122 valence electrons. The molecule has 0 atom stereocenters. The molecule has 3 aromatic rings. The molecule has 1 aromatic heterocycles. The number of carbonyl (C=O) groups excluding carboxylic acids is 1.